The molecule has 22 heavy (non-hydrogen) atoms. The molecule has 1 aromatic rings. The molecule has 0 fully saturated rings. The van der Waals surface area contributed by atoms with Crippen molar-refractivity contribution >= 4 is 0 Å². The second-order valence-electron chi connectivity index (χ2n) is 6.67. The molecular formula is C22H36. The number of benzene rings is 1. The Balaban J connectivity index is 0.000000366. The molecule has 0 aliphatic heterocycles. The second-order valence-corrected chi connectivity index (χ2v) is 6.67. The van der Waals surface area contributed by atoms with Crippen molar-refractivity contribution in [2.24, 2.45) is 11.8 Å². The molecule has 2 rings (SSSR count). The van der Waals surface area contributed by atoms with Crippen LogP contribution in [-0.4, -0.2) is 0 Å². The van der Waals surface area contributed by atoms with Gasteiger partial charge >= 0.3 is 0 Å². The molecule has 0 heterocycles. The summed E-state index contributed by atoms with van der Waals surface area (Å²) >= 11 is 0. The predicted molar refractivity (Wildman–Crippen MR) is 102 cm³/mol. The fourth-order valence-corrected chi connectivity index (χ4v) is 2.28. The Labute approximate surface area is 139 Å². The maximum atomic E-state index is 2.25. The van der Waals surface area contributed by atoms with Gasteiger partial charge in [0.2, 0.25) is 0 Å². The molecule has 0 saturated heterocycles. The summed E-state index contributed by atoms with van der Waals surface area (Å²) in [4.78, 5) is 0. The van der Waals surface area contributed by atoms with E-state index >= 15 is 0 Å². The Bertz CT molecular complexity index is 455. The van der Waals surface area contributed by atoms with Gasteiger partial charge in [-0.05, 0) is 44.1 Å². The minimum absolute atomic E-state index is 0.735. The van der Waals surface area contributed by atoms with Crippen LogP contribution in [0.15, 0.2) is 47.6 Å². The van der Waals surface area contributed by atoms with Gasteiger partial charge in [-0.1, -0.05) is 94.7 Å². The highest BCUT2D eigenvalue weighted by Crippen LogP contribution is 2.24. The minimum Gasteiger partial charge on any atom is -0.0693 e. The van der Waals surface area contributed by atoms with Crippen LogP contribution in [0.1, 0.15) is 66.0 Å². The third-order valence-electron chi connectivity index (χ3n) is 3.57. The van der Waals surface area contributed by atoms with Gasteiger partial charge in [-0.15, -0.1) is 0 Å². The summed E-state index contributed by atoms with van der Waals surface area (Å²) in [5, 5.41) is 0. The third-order valence-corrected chi connectivity index (χ3v) is 3.57. The molecule has 1 aliphatic carbocycles. The van der Waals surface area contributed by atoms with Gasteiger partial charge in [-0.25, -0.2) is 0 Å². The Kier molecular flexibility index (Phi) is 10.6. The standard InChI is InChI=1S/C11H16.C9H14.C2H6/c1-9(2)8-11-6-4-10(3)5-7-11;1-7(2)9-5-4-8(3)6-9;1-2/h4-7,9H,8H2,1-3H3;4-5,7H,6H2,1-3H3;1-2H3. The van der Waals surface area contributed by atoms with Crippen LogP contribution in [0.2, 0.25) is 0 Å². The Morgan fingerprint density at radius 2 is 1.41 bits per heavy atom. The highest BCUT2D eigenvalue weighted by Gasteiger charge is 2.06. The van der Waals surface area contributed by atoms with Crippen molar-refractivity contribution in [3.8, 4) is 0 Å². The zero-order chi connectivity index (χ0) is 17.1. The molecule has 0 radical (unpaired) electrons. The fraction of sp³-hybridized carbons (Fsp3) is 0.545. The fourth-order valence-electron chi connectivity index (χ4n) is 2.28. The van der Waals surface area contributed by atoms with E-state index in [1.165, 1.54) is 29.5 Å². The lowest BCUT2D eigenvalue weighted by atomic mass is 10.0. The van der Waals surface area contributed by atoms with E-state index in [4.69, 9.17) is 0 Å². The zero-order valence-corrected chi connectivity index (χ0v) is 16.0. The number of aryl methyl sites for hydroxylation is 1. The van der Waals surface area contributed by atoms with Gasteiger partial charge in [0.25, 0.3) is 0 Å². The van der Waals surface area contributed by atoms with E-state index < -0.39 is 0 Å². The van der Waals surface area contributed by atoms with Crippen molar-refractivity contribution in [2.45, 2.75) is 68.2 Å². The second kappa shape index (κ2) is 11.3. The van der Waals surface area contributed by atoms with Crippen LogP contribution in [0.4, 0.5) is 0 Å². The van der Waals surface area contributed by atoms with E-state index in [2.05, 4.69) is 78.0 Å². The quantitative estimate of drug-likeness (QED) is 0.556. The first-order valence-corrected chi connectivity index (χ1v) is 8.80. The van der Waals surface area contributed by atoms with Crippen LogP contribution in [0, 0.1) is 18.8 Å². The molecule has 0 N–H and O–H groups in total. The van der Waals surface area contributed by atoms with E-state index in [0.717, 1.165) is 11.8 Å². The summed E-state index contributed by atoms with van der Waals surface area (Å²) in [6, 6.07) is 8.79. The molecule has 1 aromatic carbocycles. The summed E-state index contributed by atoms with van der Waals surface area (Å²) < 4.78 is 0. The highest BCUT2D eigenvalue weighted by molar-refractivity contribution is 5.29. The maximum absolute atomic E-state index is 2.25. The van der Waals surface area contributed by atoms with E-state index in [1.807, 2.05) is 13.8 Å². The molecule has 0 spiro atoms. The Morgan fingerprint density at radius 3 is 1.73 bits per heavy atom. The van der Waals surface area contributed by atoms with Gasteiger partial charge in [0, 0.05) is 0 Å². The third kappa shape index (κ3) is 8.87. The minimum atomic E-state index is 0.735. The summed E-state index contributed by atoms with van der Waals surface area (Å²) in [6.07, 6.45) is 6.87. The van der Waals surface area contributed by atoms with Crippen molar-refractivity contribution in [2.75, 3.05) is 0 Å². The maximum Gasteiger partial charge on any atom is -0.0102 e. The molecule has 1 aliphatic rings. The monoisotopic (exact) mass is 300 g/mol. The Hall–Kier alpha value is -1.30. The molecule has 0 unspecified atom stereocenters. The van der Waals surface area contributed by atoms with Crippen LogP contribution in [-0.2, 0) is 6.42 Å². The molecule has 0 aromatic heterocycles. The van der Waals surface area contributed by atoms with Gasteiger partial charge < -0.3 is 0 Å². The SMILES string of the molecule is CC.CC1=CC=C(C(C)C)C1.Cc1ccc(CC(C)C)cc1. The van der Waals surface area contributed by atoms with Gasteiger partial charge in [0.1, 0.15) is 0 Å². The van der Waals surface area contributed by atoms with Crippen LogP contribution in [0.3, 0.4) is 0 Å². The lowest BCUT2D eigenvalue weighted by molar-refractivity contribution is 0.647. The molecule has 0 saturated carbocycles. The lowest BCUT2D eigenvalue weighted by Crippen LogP contribution is -1.93. The number of hydrogen-bond donors (Lipinski definition) is 0. The average Bonchev–Trinajstić information content (AvgIpc) is 2.91. The van der Waals surface area contributed by atoms with E-state index in [-0.39, 0.29) is 0 Å². The van der Waals surface area contributed by atoms with E-state index in [1.54, 1.807) is 5.57 Å². The van der Waals surface area contributed by atoms with Crippen LogP contribution < -0.4 is 0 Å². The zero-order valence-electron chi connectivity index (χ0n) is 16.0. The first-order valence-electron chi connectivity index (χ1n) is 8.80. The molecule has 0 nitrogen and oxygen atoms in total. The largest absolute Gasteiger partial charge is 0.0693 e. The van der Waals surface area contributed by atoms with Crippen molar-refractivity contribution in [3.63, 3.8) is 0 Å². The van der Waals surface area contributed by atoms with Gasteiger partial charge in [-0.3, -0.25) is 0 Å². The van der Waals surface area contributed by atoms with Gasteiger partial charge in [-0.2, -0.15) is 0 Å². The molecule has 0 bridgehead atoms. The Morgan fingerprint density at radius 1 is 0.864 bits per heavy atom. The summed E-state index contributed by atoms with van der Waals surface area (Å²) in [5.41, 5.74) is 5.87. The van der Waals surface area contributed by atoms with Crippen LogP contribution in [0.5, 0.6) is 0 Å². The van der Waals surface area contributed by atoms with E-state index in [0.29, 0.717) is 0 Å². The topological polar surface area (TPSA) is 0 Å². The number of hydrogen-bond acceptors (Lipinski definition) is 0. The summed E-state index contributed by atoms with van der Waals surface area (Å²) in [7, 11) is 0. The van der Waals surface area contributed by atoms with Crippen molar-refractivity contribution in [1.82, 2.24) is 0 Å². The molecule has 0 amide bonds. The molecule has 124 valence electrons. The molecule has 0 atom stereocenters. The first kappa shape index (κ1) is 20.7. The normalized spacial score (nSPS) is 13.0. The number of allylic oxidation sites excluding steroid dienone is 4. The predicted octanol–water partition coefficient (Wildman–Crippen LogP) is 7.14. The van der Waals surface area contributed by atoms with Gasteiger partial charge in [0.15, 0.2) is 0 Å². The summed E-state index contributed by atoms with van der Waals surface area (Å²) in [6.45, 7) is 17.3. The van der Waals surface area contributed by atoms with Crippen molar-refractivity contribution < 1.29 is 0 Å². The lowest BCUT2D eigenvalue weighted by Gasteiger charge is -2.04. The first-order chi connectivity index (χ1) is 10.4. The van der Waals surface area contributed by atoms with Crippen molar-refractivity contribution in [3.05, 3.63) is 58.7 Å². The summed E-state index contributed by atoms with van der Waals surface area (Å²) in [5.74, 6) is 1.50. The van der Waals surface area contributed by atoms with Crippen LogP contribution >= 0.6 is 0 Å². The average molecular weight is 301 g/mol. The highest BCUT2D eigenvalue weighted by atomic mass is 14.1. The molecular weight excluding hydrogens is 264 g/mol. The number of rotatable bonds is 3. The van der Waals surface area contributed by atoms with Crippen molar-refractivity contribution in [1.29, 1.82) is 0 Å². The molecule has 0 heteroatoms. The van der Waals surface area contributed by atoms with Crippen LogP contribution in [0.25, 0.3) is 0 Å². The van der Waals surface area contributed by atoms with Gasteiger partial charge in [0.05, 0.1) is 0 Å². The van der Waals surface area contributed by atoms with E-state index in [9.17, 15) is 0 Å². The smallest absolute Gasteiger partial charge is 0.0102 e.